The Labute approximate surface area is 153 Å². The zero-order valence-electron chi connectivity index (χ0n) is 13.0. The number of para-hydroxylation sites is 2. The Balaban J connectivity index is 1.74. The minimum absolute atomic E-state index is 0.0635. The number of nitrogens with zero attached hydrogens (tertiary/aromatic N) is 4. The molecule has 132 valence electrons. The van der Waals surface area contributed by atoms with E-state index in [1.807, 2.05) is 6.07 Å². The van der Waals surface area contributed by atoms with E-state index in [-0.39, 0.29) is 18.0 Å². The normalized spacial score (nSPS) is 12.0. The maximum atomic E-state index is 13.3. The lowest BCUT2D eigenvalue weighted by atomic mass is 10.2. The SMILES string of the molecule is FC(F)(F)c1nc2ccccc2n1Cc1nc(-c2cccc(Br)c2)no1. The molecule has 0 aliphatic rings. The number of fused-ring (bicyclic) bond motifs is 1. The van der Waals surface area contributed by atoms with Crippen LogP contribution in [0.1, 0.15) is 11.7 Å². The van der Waals surface area contributed by atoms with Gasteiger partial charge in [0.15, 0.2) is 0 Å². The average molecular weight is 423 g/mol. The number of benzene rings is 2. The van der Waals surface area contributed by atoms with Crippen molar-refractivity contribution in [2.24, 2.45) is 0 Å². The minimum Gasteiger partial charge on any atom is -0.337 e. The molecule has 0 aliphatic heterocycles. The second-order valence-corrected chi connectivity index (χ2v) is 6.45. The van der Waals surface area contributed by atoms with Crippen LogP contribution in [0.2, 0.25) is 0 Å². The van der Waals surface area contributed by atoms with Crippen LogP contribution in [-0.4, -0.2) is 19.7 Å². The van der Waals surface area contributed by atoms with Crippen molar-refractivity contribution in [2.45, 2.75) is 12.7 Å². The third-order valence-electron chi connectivity index (χ3n) is 3.75. The molecule has 0 spiro atoms. The minimum atomic E-state index is -4.59. The number of rotatable bonds is 3. The fourth-order valence-corrected chi connectivity index (χ4v) is 3.05. The van der Waals surface area contributed by atoms with Crippen LogP contribution in [0.4, 0.5) is 13.2 Å². The van der Waals surface area contributed by atoms with E-state index in [0.717, 1.165) is 9.04 Å². The maximum Gasteiger partial charge on any atom is 0.449 e. The standard InChI is InChI=1S/C17H10BrF3N4O/c18-11-5-3-4-10(8-11)15-23-14(26-24-15)9-25-13-7-2-1-6-12(13)22-16(25)17(19,20)21/h1-8H,9H2. The van der Waals surface area contributed by atoms with Crippen molar-refractivity contribution < 1.29 is 17.7 Å². The molecule has 5 nitrogen and oxygen atoms in total. The lowest BCUT2D eigenvalue weighted by Gasteiger charge is -2.08. The van der Waals surface area contributed by atoms with E-state index in [0.29, 0.717) is 16.9 Å². The van der Waals surface area contributed by atoms with E-state index in [1.54, 1.807) is 36.4 Å². The molecule has 0 aliphatic carbocycles. The van der Waals surface area contributed by atoms with Crippen LogP contribution < -0.4 is 0 Å². The van der Waals surface area contributed by atoms with Gasteiger partial charge in [-0.2, -0.15) is 18.2 Å². The van der Waals surface area contributed by atoms with Crippen molar-refractivity contribution in [2.75, 3.05) is 0 Å². The highest BCUT2D eigenvalue weighted by Gasteiger charge is 2.38. The molecule has 0 atom stereocenters. The van der Waals surface area contributed by atoms with Gasteiger partial charge in [0.25, 0.3) is 0 Å². The third kappa shape index (κ3) is 3.10. The molecule has 0 unspecified atom stereocenters. The summed E-state index contributed by atoms with van der Waals surface area (Å²) in [6, 6.07) is 13.6. The Kier molecular flexibility index (Phi) is 4.03. The molecule has 0 N–H and O–H groups in total. The van der Waals surface area contributed by atoms with Crippen molar-refractivity contribution in [3.8, 4) is 11.4 Å². The zero-order chi connectivity index (χ0) is 18.3. The number of hydrogen-bond acceptors (Lipinski definition) is 4. The molecular formula is C17H10BrF3N4O. The number of aromatic nitrogens is 4. The average Bonchev–Trinajstić information content (AvgIpc) is 3.20. The third-order valence-corrected chi connectivity index (χ3v) is 4.25. The molecule has 4 aromatic rings. The monoisotopic (exact) mass is 422 g/mol. The van der Waals surface area contributed by atoms with Crippen molar-refractivity contribution >= 4 is 27.0 Å². The van der Waals surface area contributed by atoms with Crippen LogP contribution in [0, 0.1) is 0 Å². The van der Waals surface area contributed by atoms with Gasteiger partial charge in [-0.15, -0.1) is 0 Å². The summed E-state index contributed by atoms with van der Waals surface area (Å²) in [5, 5.41) is 3.86. The predicted octanol–water partition coefficient (Wildman–Crippen LogP) is 4.92. The van der Waals surface area contributed by atoms with Crippen molar-refractivity contribution in [1.82, 2.24) is 19.7 Å². The van der Waals surface area contributed by atoms with Gasteiger partial charge < -0.3 is 9.09 Å². The lowest BCUT2D eigenvalue weighted by molar-refractivity contribution is -0.146. The Morgan fingerprint density at radius 1 is 1.04 bits per heavy atom. The first kappa shape index (κ1) is 16.8. The molecule has 0 saturated carbocycles. The van der Waals surface area contributed by atoms with Gasteiger partial charge in [0.2, 0.25) is 17.5 Å². The van der Waals surface area contributed by atoms with E-state index in [2.05, 4.69) is 31.1 Å². The Bertz CT molecular complexity index is 1090. The molecule has 2 aromatic heterocycles. The van der Waals surface area contributed by atoms with Gasteiger partial charge >= 0.3 is 6.18 Å². The fourth-order valence-electron chi connectivity index (χ4n) is 2.65. The number of alkyl halides is 3. The van der Waals surface area contributed by atoms with Crippen molar-refractivity contribution in [3.63, 3.8) is 0 Å². The quantitative estimate of drug-likeness (QED) is 0.470. The molecule has 0 saturated heterocycles. The Morgan fingerprint density at radius 2 is 1.85 bits per heavy atom. The van der Waals surface area contributed by atoms with E-state index in [4.69, 9.17) is 4.52 Å². The van der Waals surface area contributed by atoms with Crippen molar-refractivity contribution in [3.05, 3.63) is 64.7 Å². The van der Waals surface area contributed by atoms with Crippen LogP contribution in [0.15, 0.2) is 57.5 Å². The smallest absolute Gasteiger partial charge is 0.337 e. The zero-order valence-corrected chi connectivity index (χ0v) is 14.6. The van der Waals surface area contributed by atoms with E-state index in [9.17, 15) is 13.2 Å². The Hall–Kier alpha value is -2.68. The maximum absolute atomic E-state index is 13.3. The summed E-state index contributed by atoms with van der Waals surface area (Å²) in [6.07, 6.45) is -4.59. The van der Waals surface area contributed by atoms with Gasteiger partial charge in [-0.25, -0.2) is 4.98 Å². The summed E-state index contributed by atoms with van der Waals surface area (Å²) in [5.41, 5.74) is 1.30. The van der Waals surface area contributed by atoms with Gasteiger partial charge in [-0.3, -0.25) is 0 Å². The van der Waals surface area contributed by atoms with E-state index in [1.165, 1.54) is 6.07 Å². The first-order valence-electron chi connectivity index (χ1n) is 7.53. The first-order chi connectivity index (χ1) is 12.4. The summed E-state index contributed by atoms with van der Waals surface area (Å²) in [5.74, 6) is -0.631. The molecule has 2 heterocycles. The molecule has 0 bridgehead atoms. The highest BCUT2D eigenvalue weighted by Crippen LogP contribution is 2.32. The number of halogens is 4. The van der Waals surface area contributed by atoms with Crippen LogP contribution >= 0.6 is 15.9 Å². The topological polar surface area (TPSA) is 56.7 Å². The second kappa shape index (κ2) is 6.24. The summed E-state index contributed by atoms with van der Waals surface area (Å²) in [6.45, 7) is -0.226. The number of hydrogen-bond donors (Lipinski definition) is 0. The van der Waals surface area contributed by atoms with Crippen LogP contribution in [-0.2, 0) is 12.7 Å². The van der Waals surface area contributed by atoms with Crippen LogP contribution in [0.3, 0.4) is 0 Å². The van der Waals surface area contributed by atoms with Gasteiger partial charge in [-0.05, 0) is 24.3 Å². The summed E-state index contributed by atoms with van der Waals surface area (Å²) >= 11 is 3.35. The predicted molar refractivity (Wildman–Crippen MR) is 91.3 cm³/mol. The van der Waals surface area contributed by atoms with E-state index >= 15 is 0 Å². The van der Waals surface area contributed by atoms with Gasteiger partial charge in [0.05, 0.1) is 11.0 Å². The van der Waals surface area contributed by atoms with E-state index < -0.39 is 12.0 Å². The fraction of sp³-hybridized carbons (Fsp3) is 0.118. The molecule has 4 rings (SSSR count). The lowest BCUT2D eigenvalue weighted by Crippen LogP contribution is -2.15. The van der Waals surface area contributed by atoms with Gasteiger partial charge in [0, 0.05) is 10.0 Å². The molecule has 0 fully saturated rings. The summed E-state index contributed by atoms with van der Waals surface area (Å²) in [4.78, 5) is 7.91. The summed E-state index contributed by atoms with van der Waals surface area (Å²) in [7, 11) is 0. The first-order valence-corrected chi connectivity index (χ1v) is 8.32. The number of imidazole rings is 1. The Morgan fingerprint density at radius 3 is 2.62 bits per heavy atom. The molecule has 9 heteroatoms. The molecule has 0 amide bonds. The molecule has 0 radical (unpaired) electrons. The molecule has 2 aromatic carbocycles. The molecular weight excluding hydrogens is 413 g/mol. The highest BCUT2D eigenvalue weighted by atomic mass is 79.9. The highest BCUT2D eigenvalue weighted by molar-refractivity contribution is 9.10. The summed E-state index contributed by atoms with van der Waals surface area (Å²) < 4.78 is 47.1. The van der Waals surface area contributed by atoms with Crippen LogP contribution in [0.25, 0.3) is 22.4 Å². The second-order valence-electron chi connectivity index (χ2n) is 5.53. The van der Waals surface area contributed by atoms with Crippen LogP contribution in [0.5, 0.6) is 0 Å². The van der Waals surface area contributed by atoms with Crippen molar-refractivity contribution in [1.29, 1.82) is 0 Å². The van der Waals surface area contributed by atoms with Gasteiger partial charge in [0.1, 0.15) is 6.54 Å². The largest absolute Gasteiger partial charge is 0.449 e. The molecule has 26 heavy (non-hydrogen) atoms. The van der Waals surface area contributed by atoms with Gasteiger partial charge in [-0.1, -0.05) is 45.4 Å².